The van der Waals surface area contributed by atoms with Crippen LogP contribution in [0.5, 0.6) is 5.75 Å². The average molecular weight is 304 g/mol. The van der Waals surface area contributed by atoms with Crippen molar-refractivity contribution in [1.29, 1.82) is 0 Å². The average Bonchev–Trinajstić information content (AvgIpc) is 2.50. The molecule has 2 rings (SSSR count). The Labute approximate surface area is 128 Å². The summed E-state index contributed by atoms with van der Waals surface area (Å²) in [4.78, 5) is 23.4. The summed E-state index contributed by atoms with van der Waals surface area (Å²) >= 11 is 0. The van der Waals surface area contributed by atoms with Crippen molar-refractivity contribution < 1.29 is 19.1 Å². The van der Waals surface area contributed by atoms with E-state index in [0.717, 1.165) is 5.56 Å². The van der Waals surface area contributed by atoms with Crippen molar-refractivity contribution in [1.82, 2.24) is 0 Å². The standard InChI is InChI=1S/C17H20O5/c1-4-10(3)17(20)21-9-12-7-16(19)22-15-8-14(18)11(5-2)6-13(12)15/h6-8,10,18H,4-5,9H2,1-3H3/t10-/m0/s1. The summed E-state index contributed by atoms with van der Waals surface area (Å²) in [6, 6.07) is 4.51. The summed E-state index contributed by atoms with van der Waals surface area (Å²) in [5, 5.41) is 10.5. The Morgan fingerprint density at radius 2 is 2.00 bits per heavy atom. The summed E-state index contributed by atoms with van der Waals surface area (Å²) in [5.74, 6) is -0.382. The number of benzene rings is 1. The van der Waals surface area contributed by atoms with E-state index >= 15 is 0 Å². The minimum Gasteiger partial charge on any atom is -0.508 e. The summed E-state index contributed by atoms with van der Waals surface area (Å²) in [6.07, 6.45) is 1.34. The molecule has 5 heteroatoms. The zero-order valence-electron chi connectivity index (χ0n) is 13.0. The second-order valence-corrected chi connectivity index (χ2v) is 5.34. The van der Waals surface area contributed by atoms with Crippen molar-refractivity contribution in [3.8, 4) is 5.75 Å². The second kappa shape index (κ2) is 6.64. The number of carbonyl (C=O) groups excluding carboxylic acids is 1. The molecule has 0 aliphatic rings. The van der Waals surface area contributed by atoms with Gasteiger partial charge in [-0.25, -0.2) is 4.79 Å². The SMILES string of the molecule is CCc1cc2c(COC(=O)[C@@H](C)CC)cc(=O)oc2cc1O. The van der Waals surface area contributed by atoms with Gasteiger partial charge in [0, 0.05) is 23.1 Å². The van der Waals surface area contributed by atoms with E-state index in [1.807, 2.05) is 13.8 Å². The number of esters is 1. The maximum absolute atomic E-state index is 11.8. The lowest BCUT2D eigenvalue weighted by Gasteiger charge is -2.11. The Hall–Kier alpha value is -2.30. The third-order valence-corrected chi connectivity index (χ3v) is 3.79. The molecule has 1 aromatic heterocycles. The molecule has 2 aromatic rings. The molecule has 0 aliphatic heterocycles. The molecule has 118 valence electrons. The van der Waals surface area contributed by atoms with Crippen LogP contribution in [0.15, 0.2) is 27.4 Å². The van der Waals surface area contributed by atoms with E-state index in [1.54, 1.807) is 13.0 Å². The van der Waals surface area contributed by atoms with E-state index in [0.29, 0.717) is 23.8 Å². The lowest BCUT2D eigenvalue weighted by molar-refractivity contribution is -0.149. The first-order chi connectivity index (χ1) is 10.5. The topological polar surface area (TPSA) is 76.7 Å². The number of ether oxygens (including phenoxy) is 1. The minimum atomic E-state index is -0.536. The fourth-order valence-electron chi connectivity index (χ4n) is 2.17. The zero-order chi connectivity index (χ0) is 16.3. The molecule has 0 radical (unpaired) electrons. The molecular weight excluding hydrogens is 284 g/mol. The number of carbonyl (C=O) groups is 1. The number of aryl methyl sites for hydroxylation is 1. The Morgan fingerprint density at radius 3 is 2.64 bits per heavy atom. The van der Waals surface area contributed by atoms with Crippen molar-refractivity contribution in [2.24, 2.45) is 5.92 Å². The van der Waals surface area contributed by atoms with Gasteiger partial charge in [0.25, 0.3) is 0 Å². The molecule has 1 heterocycles. The number of fused-ring (bicyclic) bond motifs is 1. The van der Waals surface area contributed by atoms with Crippen molar-refractivity contribution in [2.75, 3.05) is 0 Å². The van der Waals surface area contributed by atoms with Crippen LogP contribution in [-0.2, 0) is 22.6 Å². The zero-order valence-corrected chi connectivity index (χ0v) is 13.0. The molecular formula is C17H20O5. The van der Waals surface area contributed by atoms with E-state index in [1.165, 1.54) is 12.1 Å². The Bertz CT molecular complexity index is 745. The Morgan fingerprint density at radius 1 is 1.27 bits per heavy atom. The quantitative estimate of drug-likeness (QED) is 0.678. The van der Waals surface area contributed by atoms with Crippen LogP contribution in [0.25, 0.3) is 11.0 Å². The van der Waals surface area contributed by atoms with E-state index in [4.69, 9.17) is 9.15 Å². The molecule has 0 amide bonds. The van der Waals surface area contributed by atoms with Crippen molar-refractivity contribution >= 4 is 16.9 Å². The van der Waals surface area contributed by atoms with E-state index in [2.05, 4.69) is 0 Å². The van der Waals surface area contributed by atoms with Crippen LogP contribution in [0.1, 0.15) is 38.3 Å². The van der Waals surface area contributed by atoms with Crippen LogP contribution >= 0.6 is 0 Å². The van der Waals surface area contributed by atoms with E-state index < -0.39 is 5.63 Å². The van der Waals surface area contributed by atoms with Gasteiger partial charge in [-0.05, 0) is 24.5 Å². The first-order valence-corrected chi connectivity index (χ1v) is 7.41. The summed E-state index contributed by atoms with van der Waals surface area (Å²) < 4.78 is 10.4. The van der Waals surface area contributed by atoms with Gasteiger partial charge in [-0.15, -0.1) is 0 Å². The van der Waals surface area contributed by atoms with Crippen LogP contribution in [0, 0.1) is 5.92 Å². The number of hydrogen-bond acceptors (Lipinski definition) is 5. The Kier molecular flexibility index (Phi) is 4.85. The van der Waals surface area contributed by atoms with Gasteiger partial charge in [0.1, 0.15) is 17.9 Å². The highest BCUT2D eigenvalue weighted by molar-refractivity contribution is 5.83. The normalized spacial score (nSPS) is 12.3. The lowest BCUT2D eigenvalue weighted by atomic mass is 10.0. The fraction of sp³-hybridized carbons (Fsp3) is 0.412. The molecule has 0 spiro atoms. The van der Waals surface area contributed by atoms with Gasteiger partial charge >= 0.3 is 11.6 Å². The maximum atomic E-state index is 11.8. The van der Waals surface area contributed by atoms with Crippen LogP contribution in [-0.4, -0.2) is 11.1 Å². The van der Waals surface area contributed by atoms with Gasteiger partial charge in [0.15, 0.2) is 0 Å². The number of phenols is 1. The maximum Gasteiger partial charge on any atom is 0.336 e. The molecule has 22 heavy (non-hydrogen) atoms. The van der Waals surface area contributed by atoms with Crippen molar-refractivity contribution in [3.63, 3.8) is 0 Å². The first-order valence-electron chi connectivity index (χ1n) is 7.41. The number of aromatic hydroxyl groups is 1. The van der Waals surface area contributed by atoms with Gasteiger partial charge in [0.05, 0.1) is 5.92 Å². The second-order valence-electron chi connectivity index (χ2n) is 5.34. The predicted molar refractivity (Wildman–Crippen MR) is 82.8 cm³/mol. The van der Waals surface area contributed by atoms with Crippen molar-refractivity contribution in [2.45, 2.75) is 40.2 Å². The van der Waals surface area contributed by atoms with Gasteiger partial charge < -0.3 is 14.3 Å². The predicted octanol–water partition coefficient (Wildman–Crippen LogP) is 3.15. The van der Waals surface area contributed by atoms with E-state index in [-0.39, 0.29) is 29.8 Å². The van der Waals surface area contributed by atoms with Gasteiger partial charge in [-0.2, -0.15) is 0 Å². The molecule has 1 atom stereocenters. The highest BCUT2D eigenvalue weighted by atomic mass is 16.5. The monoisotopic (exact) mass is 304 g/mol. The third kappa shape index (κ3) is 3.30. The first kappa shape index (κ1) is 16.1. The molecule has 5 nitrogen and oxygen atoms in total. The molecule has 0 fully saturated rings. The minimum absolute atomic E-state index is 0.0131. The summed E-state index contributed by atoms with van der Waals surface area (Å²) in [7, 11) is 0. The smallest absolute Gasteiger partial charge is 0.336 e. The van der Waals surface area contributed by atoms with Crippen LogP contribution < -0.4 is 5.63 Å². The fourth-order valence-corrected chi connectivity index (χ4v) is 2.17. The third-order valence-electron chi connectivity index (χ3n) is 3.79. The molecule has 0 saturated carbocycles. The number of hydrogen-bond donors (Lipinski definition) is 1. The van der Waals surface area contributed by atoms with Crippen LogP contribution in [0.2, 0.25) is 0 Å². The molecule has 0 aliphatic carbocycles. The molecule has 1 aromatic carbocycles. The van der Waals surface area contributed by atoms with Crippen LogP contribution in [0.4, 0.5) is 0 Å². The Balaban J connectivity index is 2.40. The highest BCUT2D eigenvalue weighted by Crippen LogP contribution is 2.27. The lowest BCUT2D eigenvalue weighted by Crippen LogP contribution is -2.14. The van der Waals surface area contributed by atoms with Gasteiger partial charge in [-0.3, -0.25) is 4.79 Å². The number of phenolic OH excluding ortho intramolecular Hbond substituents is 1. The summed E-state index contributed by atoms with van der Waals surface area (Å²) in [6.45, 7) is 5.64. The van der Waals surface area contributed by atoms with Gasteiger partial charge in [0.2, 0.25) is 0 Å². The molecule has 1 N–H and O–H groups in total. The molecule has 0 bridgehead atoms. The van der Waals surface area contributed by atoms with Gasteiger partial charge in [-0.1, -0.05) is 20.8 Å². The highest BCUT2D eigenvalue weighted by Gasteiger charge is 2.15. The van der Waals surface area contributed by atoms with Crippen LogP contribution in [0.3, 0.4) is 0 Å². The largest absolute Gasteiger partial charge is 0.508 e. The van der Waals surface area contributed by atoms with E-state index in [9.17, 15) is 14.7 Å². The number of rotatable bonds is 5. The van der Waals surface area contributed by atoms with Crippen molar-refractivity contribution in [3.05, 3.63) is 39.7 Å². The molecule has 0 saturated heterocycles. The molecule has 0 unspecified atom stereocenters. The summed E-state index contributed by atoms with van der Waals surface area (Å²) in [5.41, 5.74) is 1.08.